The molecule has 4 nitrogen and oxygen atoms in total. The predicted octanol–water partition coefficient (Wildman–Crippen LogP) is 2.03. The van der Waals surface area contributed by atoms with Gasteiger partial charge in [-0.2, -0.15) is 0 Å². The first-order valence-electron chi connectivity index (χ1n) is 7.77. The molecule has 1 amide bonds. The van der Waals surface area contributed by atoms with Gasteiger partial charge in [0.25, 0.3) is 0 Å². The second kappa shape index (κ2) is 8.57. The second-order valence-corrected chi connectivity index (χ2v) is 5.66. The Balaban J connectivity index is 1.64. The molecule has 0 aromatic carbocycles. The standard InChI is InChI=1S/C17H25N3O/c1-2-3-9-20-10-6-15(7-11-20)14-19-17(21)12-16-5-4-8-18-13-16/h2-5,8,13,15H,6-7,9-12,14H2,1H3,(H,19,21). The molecule has 1 fully saturated rings. The summed E-state index contributed by atoms with van der Waals surface area (Å²) in [6.07, 6.45) is 10.5. The number of rotatable bonds is 6. The van der Waals surface area contributed by atoms with E-state index in [9.17, 15) is 4.79 Å². The fourth-order valence-electron chi connectivity index (χ4n) is 2.64. The number of amides is 1. The summed E-state index contributed by atoms with van der Waals surface area (Å²) in [4.78, 5) is 18.4. The highest BCUT2D eigenvalue weighted by Crippen LogP contribution is 2.16. The summed E-state index contributed by atoms with van der Waals surface area (Å²) in [5.74, 6) is 0.712. The topological polar surface area (TPSA) is 45.2 Å². The van der Waals surface area contributed by atoms with E-state index in [0.29, 0.717) is 12.3 Å². The van der Waals surface area contributed by atoms with Crippen molar-refractivity contribution >= 4 is 5.91 Å². The van der Waals surface area contributed by atoms with E-state index in [2.05, 4.69) is 34.3 Å². The molecule has 1 aromatic heterocycles. The van der Waals surface area contributed by atoms with Crippen LogP contribution in [0.15, 0.2) is 36.7 Å². The number of carbonyl (C=O) groups excluding carboxylic acids is 1. The molecule has 0 aliphatic carbocycles. The zero-order chi connectivity index (χ0) is 14.9. The molecule has 0 saturated carbocycles. The first kappa shape index (κ1) is 15.7. The van der Waals surface area contributed by atoms with Crippen molar-refractivity contribution in [3.8, 4) is 0 Å². The summed E-state index contributed by atoms with van der Waals surface area (Å²) in [5, 5.41) is 3.06. The van der Waals surface area contributed by atoms with Gasteiger partial charge in [0.2, 0.25) is 5.91 Å². The first-order chi connectivity index (χ1) is 10.3. The highest BCUT2D eigenvalue weighted by atomic mass is 16.1. The molecule has 1 aromatic rings. The Morgan fingerprint density at radius 1 is 1.48 bits per heavy atom. The van der Waals surface area contributed by atoms with E-state index in [1.165, 1.54) is 12.8 Å². The lowest BCUT2D eigenvalue weighted by atomic mass is 9.96. The van der Waals surface area contributed by atoms with Gasteiger partial charge >= 0.3 is 0 Å². The lowest BCUT2D eigenvalue weighted by Crippen LogP contribution is -2.39. The number of nitrogens with zero attached hydrogens (tertiary/aromatic N) is 2. The molecular weight excluding hydrogens is 262 g/mol. The molecule has 0 radical (unpaired) electrons. The highest BCUT2D eigenvalue weighted by molar-refractivity contribution is 5.78. The summed E-state index contributed by atoms with van der Waals surface area (Å²) in [7, 11) is 0. The SMILES string of the molecule is CC=CCN1CCC(CNC(=O)Cc2cccnc2)CC1. The van der Waals surface area contributed by atoms with Crippen LogP contribution in [0.25, 0.3) is 0 Å². The van der Waals surface area contributed by atoms with Gasteiger partial charge in [-0.1, -0.05) is 18.2 Å². The Morgan fingerprint density at radius 2 is 2.29 bits per heavy atom. The zero-order valence-electron chi connectivity index (χ0n) is 12.8. The van der Waals surface area contributed by atoms with Crippen LogP contribution in [0.2, 0.25) is 0 Å². The Labute approximate surface area is 127 Å². The van der Waals surface area contributed by atoms with Crippen molar-refractivity contribution in [3.05, 3.63) is 42.2 Å². The van der Waals surface area contributed by atoms with Crippen molar-refractivity contribution in [1.29, 1.82) is 0 Å². The van der Waals surface area contributed by atoms with E-state index in [1.54, 1.807) is 12.4 Å². The summed E-state index contributed by atoms with van der Waals surface area (Å²) < 4.78 is 0. The van der Waals surface area contributed by atoms with Crippen LogP contribution >= 0.6 is 0 Å². The van der Waals surface area contributed by atoms with Crippen LogP contribution in [0, 0.1) is 5.92 Å². The molecule has 0 atom stereocenters. The van der Waals surface area contributed by atoms with Gasteiger partial charge in [-0.05, 0) is 50.4 Å². The minimum Gasteiger partial charge on any atom is -0.356 e. The van der Waals surface area contributed by atoms with E-state index in [4.69, 9.17) is 0 Å². The first-order valence-corrected chi connectivity index (χ1v) is 7.77. The van der Waals surface area contributed by atoms with Gasteiger partial charge in [-0.15, -0.1) is 0 Å². The van der Waals surface area contributed by atoms with Gasteiger partial charge in [-0.3, -0.25) is 14.7 Å². The summed E-state index contributed by atoms with van der Waals surface area (Å²) in [6, 6.07) is 3.80. The lowest BCUT2D eigenvalue weighted by molar-refractivity contribution is -0.120. The maximum absolute atomic E-state index is 11.9. The Bertz CT molecular complexity index is 450. The molecule has 114 valence electrons. The molecule has 2 heterocycles. The van der Waals surface area contributed by atoms with Crippen LogP contribution in [-0.4, -0.2) is 42.0 Å². The molecule has 2 rings (SSSR count). The third-order valence-corrected chi connectivity index (χ3v) is 3.98. The molecule has 1 N–H and O–H groups in total. The Kier molecular flexibility index (Phi) is 6.41. The molecule has 0 spiro atoms. The molecule has 4 heteroatoms. The lowest BCUT2D eigenvalue weighted by Gasteiger charge is -2.31. The minimum atomic E-state index is 0.0966. The van der Waals surface area contributed by atoms with Crippen LogP contribution in [0.4, 0.5) is 0 Å². The highest BCUT2D eigenvalue weighted by Gasteiger charge is 2.18. The van der Waals surface area contributed by atoms with Gasteiger partial charge in [0, 0.05) is 25.5 Å². The van der Waals surface area contributed by atoms with Crippen LogP contribution < -0.4 is 5.32 Å². The number of hydrogen-bond donors (Lipinski definition) is 1. The zero-order valence-corrected chi connectivity index (χ0v) is 12.8. The van der Waals surface area contributed by atoms with Gasteiger partial charge in [0.1, 0.15) is 0 Å². The van der Waals surface area contributed by atoms with E-state index in [1.807, 2.05) is 12.1 Å². The number of nitrogens with one attached hydrogen (secondary N) is 1. The molecule has 1 aliphatic heterocycles. The smallest absolute Gasteiger partial charge is 0.224 e. The molecule has 21 heavy (non-hydrogen) atoms. The van der Waals surface area contributed by atoms with Gasteiger partial charge in [0.05, 0.1) is 6.42 Å². The maximum Gasteiger partial charge on any atom is 0.224 e. The third kappa shape index (κ3) is 5.68. The summed E-state index contributed by atoms with van der Waals surface area (Å²) >= 11 is 0. The number of aromatic nitrogens is 1. The maximum atomic E-state index is 11.9. The average Bonchev–Trinajstić information content (AvgIpc) is 2.53. The van der Waals surface area contributed by atoms with Crippen molar-refractivity contribution in [3.63, 3.8) is 0 Å². The van der Waals surface area contributed by atoms with Gasteiger partial charge < -0.3 is 5.32 Å². The molecule has 1 aliphatic rings. The number of likely N-dealkylation sites (tertiary alicyclic amines) is 1. The van der Waals surface area contributed by atoms with Gasteiger partial charge in [0.15, 0.2) is 0 Å². The monoisotopic (exact) mass is 287 g/mol. The van der Waals surface area contributed by atoms with Crippen LogP contribution in [-0.2, 0) is 11.2 Å². The van der Waals surface area contributed by atoms with E-state index >= 15 is 0 Å². The number of hydrogen-bond acceptors (Lipinski definition) is 3. The Hall–Kier alpha value is -1.68. The third-order valence-electron chi connectivity index (χ3n) is 3.98. The Morgan fingerprint density at radius 3 is 2.95 bits per heavy atom. The molecule has 0 bridgehead atoms. The molecular formula is C17H25N3O. The summed E-state index contributed by atoms with van der Waals surface area (Å²) in [6.45, 7) is 6.18. The number of pyridine rings is 1. The van der Waals surface area contributed by atoms with Crippen LogP contribution in [0.5, 0.6) is 0 Å². The quantitative estimate of drug-likeness (QED) is 0.814. The van der Waals surface area contributed by atoms with Crippen LogP contribution in [0.3, 0.4) is 0 Å². The van der Waals surface area contributed by atoms with E-state index in [-0.39, 0.29) is 5.91 Å². The van der Waals surface area contributed by atoms with E-state index in [0.717, 1.165) is 31.7 Å². The fraction of sp³-hybridized carbons (Fsp3) is 0.529. The number of allylic oxidation sites excluding steroid dienone is 1. The fourth-order valence-corrected chi connectivity index (χ4v) is 2.64. The normalized spacial score (nSPS) is 17.2. The number of piperidine rings is 1. The molecule has 1 saturated heterocycles. The van der Waals surface area contributed by atoms with Crippen molar-refractivity contribution in [1.82, 2.24) is 15.2 Å². The van der Waals surface area contributed by atoms with Gasteiger partial charge in [-0.25, -0.2) is 0 Å². The van der Waals surface area contributed by atoms with Crippen molar-refractivity contribution in [2.75, 3.05) is 26.2 Å². The number of carbonyl (C=O) groups is 1. The van der Waals surface area contributed by atoms with Crippen molar-refractivity contribution in [2.24, 2.45) is 5.92 Å². The predicted molar refractivity (Wildman–Crippen MR) is 84.9 cm³/mol. The largest absolute Gasteiger partial charge is 0.356 e. The van der Waals surface area contributed by atoms with E-state index < -0.39 is 0 Å². The minimum absolute atomic E-state index is 0.0966. The van der Waals surface area contributed by atoms with Crippen LogP contribution in [0.1, 0.15) is 25.3 Å². The average molecular weight is 287 g/mol. The van der Waals surface area contributed by atoms with Crippen molar-refractivity contribution < 1.29 is 4.79 Å². The van der Waals surface area contributed by atoms with Crippen molar-refractivity contribution in [2.45, 2.75) is 26.2 Å². The molecule has 0 unspecified atom stereocenters. The second-order valence-electron chi connectivity index (χ2n) is 5.66. The summed E-state index contributed by atoms with van der Waals surface area (Å²) in [5.41, 5.74) is 0.969.